The zero-order chi connectivity index (χ0) is 7.98. The summed E-state index contributed by atoms with van der Waals surface area (Å²) in [6, 6.07) is 0. The van der Waals surface area contributed by atoms with E-state index in [1.807, 2.05) is 6.92 Å². The van der Waals surface area contributed by atoms with E-state index >= 15 is 0 Å². The summed E-state index contributed by atoms with van der Waals surface area (Å²) in [5.41, 5.74) is 0. The van der Waals surface area contributed by atoms with Crippen LogP contribution in [-0.2, 0) is 4.79 Å². The first-order valence-electron chi connectivity index (χ1n) is 3.24. The van der Waals surface area contributed by atoms with E-state index in [0.717, 1.165) is 6.42 Å². The van der Waals surface area contributed by atoms with Crippen molar-refractivity contribution >= 4 is 5.97 Å². The van der Waals surface area contributed by atoms with Crippen LogP contribution < -0.4 is 34.7 Å². The molecule has 0 aromatic heterocycles. The first-order valence-corrected chi connectivity index (χ1v) is 3.24. The van der Waals surface area contributed by atoms with Crippen molar-refractivity contribution in [2.45, 2.75) is 26.2 Å². The normalized spacial score (nSPS) is 10.5. The Morgan fingerprint density at radius 2 is 2.18 bits per heavy atom. The summed E-state index contributed by atoms with van der Waals surface area (Å²) in [5, 5.41) is 18.7. The molecule has 0 aliphatic carbocycles. The van der Waals surface area contributed by atoms with Crippen LogP contribution >= 0.6 is 0 Å². The van der Waals surface area contributed by atoms with Gasteiger partial charge in [-0.05, 0) is 12.5 Å². The third kappa shape index (κ3) is 10.0. The van der Waals surface area contributed by atoms with Crippen molar-refractivity contribution < 1.29 is 44.6 Å². The maximum atomic E-state index is 9.84. The molecule has 0 aliphatic heterocycles. The van der Waals surface area contributed by atoms with E-state index in [4.69, 9.17) is 5.11 Å². The van der Waals surface area contributed by atoms with Crippen LogP contribution in [0.1, 0.15) is 26.2 Å². The largest absolute Gasteiger partial charge is 1.00 e. The first-order chi connectivity index (χ1) is 4.66. The molecule has 0 aromatic rings. The number of allylic oxidation sites excluding steroid dienone is 1. The van der Waals surface area contributed by atoms with Crippen molar-refractivity contribution in [3.8, 4) is 0 Å². The standard InChI is InChI=1S/C7H12O3.Na/c1-2-3-6(8)4-5-7(9)10;/h4,8H,2-3,5H2,1H3,(H,9,10);/q;+1/p-1. The first kappa shape index (κ1) is 13.6. The van der Waals surface area contributed by atoms with Gasteiger partial charge in [0.15, 0.2) is 0 Å². The Kier molecular flexibility index (Phi) is 10.0. The van der Waals surface area contributed by atoms with Gasteiger partial charge < -0.3 is 15.0 Å². The van der Waals surface area contributed by atoms with Gasteiger partial charge >= 0.3 is 29.6 Å². The van der Waals surface area contributed by atoms with E-state index in [-0.39, 0.29) is 41.7 Å². The number of carbonyl (C=O) groups excluding carboxylic acids is 1. The summed E-state index contributed by atoms with van der Waals surface area (Å²) in [6.45, 7) is 1.91. The summed E-state index contributed by atoms with van der Waals surface area (Å²) in [4.78, 5) is 9.84. The Bertz CT molecular complexity index is 143. The molecule has 0 unspecified atom stereocenters. The minimum absolute atomic E-state index is 0. The minimum atomic E-state index is -1.16. The predicted octanol–water partition coefficient (Wildman–Crippen LogP) is -2.63. The Labute approximate surface area is 88.4 Å². The molecule has 0 radical (unpaired) electrons. The van der Waals surface area contributed by atoms with Crippen molar-refractivity contribution in [2.75, 3.05) is 0 Å². The zero-order valence-corrected chi connectivity index (χ0v) is 8.96. The van der Waals surface area contributed by atoms with E-state index in [2.05, 4.69) is 0 Å². The summed E-state index contributed by atoms with van der Waals surface area (Å²) >= 11 is 0. The van der Waals surface area contributed by atoms with Gasteiger partial charge in [-0.25, -0.2) is 0 Å². The van der Waals surface area contributed by atoms with Gasteiger partial charge in [-0.3, -0.25) is 0 Å². The topological polar surface area (TPSA) is 60.4 Å². The Morgan fingerprint density at radius 3 is 2.55 bits per heavy atom. The number of hydrogen-bond acceptors (Lipinski definition) is 3. The number of hydrogen-bond donors (Lipinski definition) is 1. The Balaban J connectivity index is 0. The van der Waals surface area contributed by atoms with Gasteiger partial charge in [-0.2, -0.15) is 0 Å². The van der Waals surface area contributed by atoms with Crippen molar-refractivity contribution in [1.82, 2.24) is 0 Å². The third-order valence-electron chi connectivity index (χ3n) is 1.01. The molecule has 0 heterocycles. The van der Waals surface area contributed by atoms with Crippen LogP contribution in [-0.4, -0.2) is 11.1 Å². The molecule has 1 N–H and O–H groups in total. The van der Waals surface area contributed by atoms with Gasteiger partial charge in [0.25, 0.3) is 0 Å². The van der Waals surface area contributed by atoms with Crippen molar-refractivity contribution in [1.29, 1.82) is 0 Å². The average Bonchev–Trinajstić information content (AvgIpc) is 1.85. The van der Waals surface area contributed by atoms with Crippen LogP contribution in [0.15, 0.2) is 11.8 Å². The molecule has 0 aromatic carbocycles. The fourth-order valence-corrected chi connectivity index (χ4v) is 0.559. The molecule has 0 saturated carbocycles. The quantitative estimate of drug-likeness (QED) is 0.367. The van der Waals surface area contributed by atoms with Crippen LogP contribution in [0.25, 0.3) is 0 Å². The van der Waals surface area contributed by atoms with E-state index in [0.29, 0.717) is 6.42 Å². The van der Waals surface area contributed by atoms with Gasteiger partial charge in [-0.1, -0.05) is 6.92 Å². The van der Waals surface area contributed by atoms with Gasteiger partial charge in [-0.15, -0.1) is 0 Å². The second-order valence-electron chi connectivity index (χ2n) is 2.02. The molecule has 0 saturated heterocycles. The van der Waals surface area contributed by atoms with Crippen LogP contribution in [0.2, 0.25) is 0 Å². The smallest absolute Gasteiger partial charge is 0.550 e. The predicted molar refractivity (Wildman–Crippen MR) is 35.2 cm³/mol. The number of carboxylic acids is 1. The second kappa shape index (κ2) is 8.11. The maximum absolute atomic E-state index is 9.84. The monoisotopic (exact) mass is 166 g/mol. The van der Waals surface area contributed by atoms with Crippen molar-refractivity contribution in [3.05, 3.63) is 11.8 Å². The molecule has 11 heavy (non-hydrogen) atoms. The molecule has 0 atom stereocenters. The molecule has 58 valence electrons. The van der Waals surface area contributed by atoms with Crippen LogP contribution in [0.3, 0.4) is 0 Å². The number of rotatable bonds is 4. The Hall–Kier alpha value is 0.0100. The molecular formula is C7H11NaO3. The van der Waals surface area contributed by atoms with E-state index < -0.39 is 5.97 Å². The second-order valence-corrected chi connectivity index (χ2v) is 2.02. The minimum Gasteiger partial charge on any atom is -0.550 e. The summed E-state index contributed by atoms with van der Waals surface area (Å²) in [7, 11) is 0. The zero-order valence-electron chi connectivity index (χ0n) is 6.96. The molecule has 0 spiro atoms. The van der Waals surface area contributed by atoms with E-state index in [1.54, 1.807) is 0 Å². The van der Waals surface area contributed by atoms with Crippen LogP contribution in [0, 0.1) is 0 Å². The third-order valence-corrected chi connectivity index (χ3v) is 1.01. The fraction of sp³-hybridized carbons (Fsp3) is 0.571. The van der Waals surface area contributed by atoms with E-state index in [9.17, 15) is 9.90 Å². The van der Waals surface area contributed by atoms with Gasteiger partial charge in [0.1, 0.15) is 0 Å². The average molecular weight is 166 g/mol. The molecule has 3 nitrogen and oxygen atoms in total. The molecule has 0 aliphatic rings. The number of aliphatic carboxylic acids is 1. The maximum Gasteiger partial charge on any atom is 1.00 e. The van der Waals surface area contributed by atoms with Crippen molar-refractivity contribution in [2.24, 2.45) is 0 Å². The molecule has 0 fully saturated rings. The van der Waals surface area contributed by atoms with Gasteiger partial charge in [0.05, 0.1) is 5.76 Å². The fourth-order valence-electron chi connectivity index (χ4n) is 0.559. The number of carbonyl (C=O) groups is 1. The molecule has 4 heteroatoms. The number of carboxylic acid groups (broad SMARTS) is 1. The number of aliphatic hydroxyl groups is 1. The van der Waals surface area contributed by atoms with Crippen LogP contribution in [0.5, 0.6) is 0 Å². The Morgan fingerprint density at radius 1 is 1.64 bits per heavy atom. The van der Waals surface area contributed by atoms with Crippen LogP contribution in [0.4, 0.5) is 0 Å². The molecule has 0 amide bonds. The van der Waals surface area contributed by atoms with Crippen molar-refractivity contribution in [3.63, 3.8) is 0 Å². The molecular weight excluding hydrogens is 155 g/mol. The van der Waals surface area contributed by atoms with Gasteiger partial charge in [0.2, 0.25) is 0 Å². The van der Waals surface area contributed by atoms with Gasteiger partial charge in [0, 0.05) is 18.8 Å². The number of aliphatic hydroxyl groups excluding tert-OH is 1. The van der Waals surface area contributed by atoms with E-state index in [1.165, 1.54) is 6.08 Å². The summed E-state index contributed by atoms with van der Waals surface area (Å²) in [6.07, 6.45) is 2.41. The summed E-state index contributed by atoms with van der Waals surface area (Å²) < 4.78 is 0. The SMILES string of the molecule is CCCC(O)=CCC(=O)[O-].[Na+]. The molecule has 0 bridgehead atoms. The molecule has 0 rings (SSSR count). The summed E-state index contributed by atoms with van der Waals surface area (Å²) in [5.74, 6) is -1.03.